The van der Waals surface area contributed by atoms with Crippen LogP contribution in [0.15, 0.2) is 18.2 Å². The van der Waals surface area contributed by atoms with Crippen LogP contribution in [0.4, 0.5) is 0 Å². The highest BCUT2D eigenvalue weighted by Gasteiger charge is 2.18. The number of nitrogens with two attached hydrogens (primary N) is 1. The van der Waals surface area contributed by atoms with Crippen molar-refractivity contribution in [1.29, 1.82) is 0 Å². The standard InChI is InChI=1S/C14H17Cl2N3/c1-8-14(9(2)19(3)18-8)13(17)7-10-6-11(15)4-5-12(10)16/h4-6,13H,7,17H2,1-3H3. The van der Waals surface area contributed by atoms with E-state index < -0.39 is 0 Å². The van der Waals surface area contributed by atoms with E-state index in [9.17, 15) is 0 Å². The zero-order valence-electron chi connectivity index (χ0n) is 11.2. The maximum absolute atomic E-state index is 6.31. The van der Waals surface area contributed by atoms with Gasteiger partial charge in [-0.2, -0.15) is 5.10 Å². The Morgan fingerprint density at radius 2 is 2.00 bits per heavy atom. The summed E-state index contributed by atoms with van der Waals surface area (Å²) in [6.45, 7) is 4.00. The molecule has 19 heavy (non-hydrogen) atoms. The highest BCUT2D eigenvalue weighted by atomic mass is 35.5. The van der Waals surface area contributed by atoms with Gasteiger partial charge in [-0.25, -0.2) is 0 Å². The lowest BCUT2D eigenvalue weighted by atomic mass is 9.98. The average molecular weight is 298 g/mol. The average Bonchev–Trinajstić information content (AvgIpc) is 2.58. The number of hydrogen-bond donors (Lipinski definition) is 1. The molecule has 0 spiro atoms. The largest absolute Gasteiger partial charge is 0.324 e. The van der Waals surface area contributed by atoms with Gasteiger partial charge < -0.3 is 5.73 Å². The molecular weight excluding hydrogens is 281 g/mol. The lowest BCUT2D eigenvalue weighted by Crippen LogP contribution is -2.15. The van der Waals surface area contributed by atoms with E-state index in [0.29, 0.717) is 16.5 Å². The van der Waals surface area contributed by atoms with E-state index in [1.54, 1.807) is 12.1 Å². The fourth-order valence-electron chi connectivity index (χ4n) is 2.37. The second-order valence-corrected chi connectivity index (χ2v) is 5.60. The van der Waals surface area contributed by atoms with Crippen molar-refractivity contribution in [2.24, 2.45) is 12.8 Å². The van der Waals surface area contributed by atoms with Gasteiger partial charge in [-0.1, -0.05) is 23.2 Å². The number of aromatic nitrogens is 2. The lowest BCUT2D eigenvalue weighted by molar-refractivity contribution is 0.700. The predicted molar refractivity (Wildman–Crippen MR) is 79.8 cm³/mol. The number of halogens is 2. The minimum atomic E-state index is -0.135. The number of nitrogens with zero attached hydrogens (tertiary/aromatic N) is 2. The van der Waals surface area contributed by atoms with Crippen LogP contribution in [0.25, 0.3) is 0 Å². The first-order valence-corrected chi connectivity index (χ1v) is 6.85. The fraction of sp³-hybridized carbons (Fsp3) is 0.357. The normalized spacial score (nSPS) is 12.7. The third kappa shape index (κ3) is 2.94. The van der Waals surface area contributed by atoms with Crippen LogP contribution in [0.1, 0.15) is 28.6 Å². The molecule has 0 aliphatic carbocycles. The van der Waals surface area contributed by atoms with Crippen molar-refractivity contribution in [3.63, 3.8) is 0 Å². The summed E-state index contributed by atoms with van der Waals surface area (Å²) in [5.41, 5.74) is 10.4. The minimum Gasteiger partial charge on any atom is -0.324 e. The summed E-state index contributed by atoms with van der Waals surface area (Å²) < 4.78 is 1.85. The first-order chi connectivity index (χ1) is 8.90. The van der Waals surface area contributed by atoms with Crippen molar-refractivity contribution in [2.75, 3.05) is 0 Å². The summed E-state index contributed by atoms with van der Waals surface area (Å²) in [5, 5.41) is 5.76. The smallest absolute Gasteiger partial charge is 0.0644 e. The van der Waals surface area contributed by atoms with Crippen molar-refractivity contribution in [3.8, 4) is 0 Å². The zero-order valence-corrected chi connectivity index (χ0v) is 12.8. The van der Waals surface area contributed by atoms with Gasteiger partial charge in [0.05, 0.1) is 5.69 Å². The van der Waals surface area contributed by atoms with Crippen molar-refractivity contribution in [2.45, 2.75) is 26.3 Å². The third-order valence-corrected chi connectivity index (χ3v) is 3.99. The maximum Gasteiger partial charge on any atom is 0.0644 e. The Balaban J connectivity index is 2.30. The SMILES string of the molecule is Cc1nn(C)c(C)c1C(N)Cc1cc(Cl)ccc1Cl. The molecule has 0 aliphatic heterocycles. The van der Waals surface area contributed by atoms with E-state index >= 15 is 0 Å². The van der Waals surface area contributed by atoms with Crippen molar-refractivity contribution in [3.05, 3.63) is 50.8 Å². The Labute approximate surface area is 123 Å². The van der Waals surface area contributed by atoms with E-state index in [2.05, 4.69) is 5.10 Å². The summed E-state index contributed by atoms with van der Waals surface area (Å²) in [4.78, 5) is 0. The Kier molecular flexibility index (Phi) is 4.19. The van der Waals surface area contributed by atoms with Gasteiger partial charge in [0.2, 0.25) is 0 Å². The molecule has 1 aromatic carbocycles. The lowest BCUT2D eigenvalue weighted by Gasteiger charge is -2.14. The van der Waals surface area contributed by atoms with Crippen LogP contribution in [0.3, 0.4) is 0 Å². The van der Waals surface area contributed by atoms with E-state index in [4.69, 9.17) is 28.9 Å². The monoisotopic (exact) mass is 297 g/mol. The fourth-order valence-corrected chi connectivity index (χ4v) is 2.75. The number of aryl methyl sites for hydroxylation is 2. The molecule has 5 heteroatoms. The van der Waals surface area contributed by atoms with Crippen LogP contribution < -0.4 is 5.73 Å². The maximum atomic E-state index is 6.31. The predicted octanol–water partition coefficient (Wildman–Crippen LogP) is 3.59. The molecule has 2 aromatic rings. The molecule has 0 fully saturated rings. The summed E-state index contributed by atoms with van der Waals surface area (Å²) in [5.74, 6) is 0. The molecule has 0 amide bonds. The van der Waals surface area contributed by atoms with Crippen LogP contribution in [0.5, 0.6) is 0 Å². The van der Waals surface area contributed by atoms with Crippen LogP contribution in [-0.2, 0) is 13.5 Å². The quantitative estimate of drug-likeness (QED) is 0.941. The number of benzene rings is 1. The first kappa shape index (κ1) is 14.4. The van der Waals surface area contributed by atoms with Gasteiger partial charge in [-0.05, 0) is 44.0 Å². The van der Waals surface area contributed by atoms with Crippen molar-refractivity contribution < 1.29 is 0 Å². The van der Waals surface area contributed by atoms with E-state index in [1.807, 2.05) is 31.6 Å². The molecule has 0 saturated carbocycles. The summed E-state index contributed by atoms with van der Waals surface area (Å²) in [6.07, 6.45) is 0.646. The van der Waals surface area contributed by atoms with Crippen LogP contribution in [-0.4, -0.2) is 9.78 Å². The van der Waals surface area contributed by atoms with Gasteiger partial charge in [-0.15, -0.1) is 0 Å². The molecule has 3 nitrogen and oxygen atoms in total. The molecule has 1 heterocycles. The molecule has 0 saturated heterocycles. The van der Waals surface area contributed by atoms with Gasteiger partial charge in [0.25, 0.3) is 0 Å². The summed E-state index contributed by atoms with van der Waals surface area (Å²) in [6, 6.07) is 5.31. The Morgan fingerprint density at radius 1 is 1.32 bits per heavy atom. The van der Waals surface area contributed by atoms with Gasteiger partial charge >= 0.3 is 0 Å². The molecule has 0 bridgehead atoms. The molecule has 1 atom stereocenters. The van der Waals surface area contributed by atoms with Gasteiger partial charge in [-0.3, -0.25) is 4.68 Å². The molecule has 0 radical (unpaired) electrons. The summed E-state index contributed by atoms with van der Waals surface area (Å²) in [7, 11) is 1.92. The van der Waals surface area contributed by atoms with E-state index in [0.717, 1.165) is 22.5 Å². The Bertz CT molecular complexity index is 605. The molecule has 2 N–H and O–H groups in total. The Hall–Kier alpha value is -1.03. The minimum absolute atomic E-state index is 0.135. The Morgan fingerprint density at radius 3 is 2.58 bits per heavy atom. The van der Waals surface area contributed by atoms with E-state index in [-0.39, 0.29) is 6.04 Å². The van der Waals surface area contributed by atoms with Crippen LogP contribution in [0, 0.1) is 13.8 Å². The molecule has 2 rings (SSSR count). The van der Waals surface area contributed by atoms with Crippen LogP contribution >= 0.6 is 23.2 Å². The first-order valence-electron chi connectivity index (χ1n) is 6.09. The molecule has 1 aromatic heterocycles. The van der Waals surface area contributed by atoms with Gasteiger partial charge in [0, 0.05) is 34.4 Å². The number of rotatable bonds is 3. The van der Waals surface area contributed by atoms with Gasteiger partial charge in [0.15, 0.2) is 0 Å². The highest BCUT2D eigenvalue weighted by Crippen LogP contribution is 2.27. The molecule has 1 unspecified atom stereocenters. The van der Waals surface area contributed by atoms with Crippen molar-refractivity contribution >= 4 is 23.2 Å². The topological polar surface area (TPSA) is 43.8 Å². The third-order valence-electron chi connectivity index (χ3n) is 3.38. The second kappa shape index (κ2) is 5.53. The van der Waals surface area contributed by atoms with Crippen molar-refractivity contribution in [1.82, 2.24) is 9.78 Å². The second-order valence-electron chi connectivity index (χ2n) is 4.75. The highest BCUT2D eigenvalue weighted by molar-refractivity contribution is 6.33. The zero-order chi connectivity index (χ0) is 14.2. The molecular formula is C14H17Cl2N3. The van der Waals surface area contributed by atoms with E-state index in [1.165, 1.54) is 0 Å². The molecule has 0 aliphatic rings. The summed E-state index contributed by atoms with van der Waals surface area (Å²) >= 11 is 12.2. The van der Waals surface area contributed by atoms with Crippen LogP contribution in [0.2, 0.25) is 10.0 Å². The number of hydrogen-bond acceptors (Lipinski definition) is 2. The van der Waals surface area contributed by atoms with Gasteiger partial charge in [0.1, 0.15) is 0 Å². The molecule has 102 valence electrons.